The van der Waals surface area contributed by atoms with Crippen LogP contribution in [0.15, 0.2) is 18.2 Å². The van der Waals surface area contributed by atoms with Gasteiger partial charge in [0.1, 0.15) is 0 Å². The van der Waals surface area contributed by atoms with Gasteiger partial charge >= 0.3 is 0 Å². The molecule has 2 nitrogen and oxygen atoms in total. The van der Waals surface area contributed by atoms with Crippen molar-refractivity contribution in [1.82, 2.24) is 0 Å². The van der Waals surface area contributed by atoms with E-state index in [2.05, 4.69) is 30.9 Å². The molecule has 3 heteroatoms. The van der Waals surface area contributed by atoms with Crippen LogP contribution >= 0.6 is 11.6 Å². The van der Waals surface area contributed by atoms with Crippen LogP contribution < -0.4 is 10.6 Å². The predicted molar refractivity (Wildman–Crippen MR) is 93.3 cm³/mol. The second-order valence-electron chi connectivity index (χ2n) is 6.28. The molecule has 2 N–H and O–H groups in total. The van der Waals surface area contributed by atoms with Gasteiger partial charge in [0.25, 0.3) is 0 Å². The Morgan fingerprint density at radius 1 is 1.33 bits per heavy atom. The normalized spacial score (nSPS) is 20.6. The fraction of sp³-hybridized carbons (Fsp3) is 0.667. The molecule has 2 unspecified atom stereocenters. The Morgan fingerprint density at radius 3 is 2.86 bits per heavy atom. The standard InChI is InChI=1S/C18H29ClN2/c1-3-7-17-8-5-6-11-21(17)18-13-15(19)10-9-14(18)12-16(20)4-2/h9-10,13,16-17H,3-8,11-12,20H2,1-2H3. The van der Waals surface area contributed by atoms with Crippen LogP contribution in [-0.2, 0) is 6.42 Å². The van der Waals surface area contributed by atoms with Crippen molar-refractivity contribution in [2.75, 3.05) is 11.4 Å². The van der Waals surface area contributed by atoms with Crippen molar-refractivity contribution >= 4 is 17.3 Å². The number of piperidine rings is 1. The van der Waals surface area contributed by atoms with Crippen LogP contribution in [0.5, 0.6) is 0 Å². The SMILES string of the molecule is CCCC1CCCCN1c1cc(Cl)ccc1CC(N)CC. The molecule has 1 saturated heterocycles. The van der Waals surface area contributed by atoms with Crippen LogP contribution in [0.4, 0.5) is 5.69 Å². The van der Waals surface area contributed by atoms with E-state index in [0.29, 0.717) is 6.04 Å². The van der Waals surface area contributed by atoms with Crippen molar-refractivity contribution in [3.8, 4) is 0 Å². The van der Waals surface area contributed by atoms with E-state index >= 15 is 0 Å². The van der Waals surface area contributed by atoms with Gasteiger partial charge in [-0.3, -0.25) is 0 Å². The van der Waals surface area contributed by atoms with Gasteiger partial charge in [-0.05, 0) is 56.2 Å². The summed E-state index contributed by atoms with van der Waals surface area (Å²) in [5.41, 5.74) is 8.87. The molecule has 1 heterocycles. The fourth-order valence-corrected chi connectivity index (χ4v) is 3.52. The number of hydrogen-bond acceptors (Lipinski definition) is 2. The smallest absolute Gasteiger partial charge is 0.0426 e. The molecule has 1 aliphatic heterocycles. The molecule has 0 saturated carbocycles. The molecule has 0 amide bonds. The highest BCUT2D eigenvalue weighted by Crippen LogP contribution is 2.32. The molecule has 2 rings (SSSR count). The third-order valence-electron chi connectivity index (χ3n) is 4.61. The first-order valence-corrected chi connectivity index (χ1v) is 8.84. The minimum absolute atomic E-state index is 0.236. The van der Waals surface area contributed by atoms with Crippen LogP contribution in [0.1, 0.15) is 57.9 Å². The summed E-state index contributed by atoms with van der Waals surface area (Å²) >= 11 is 6.27. The van der Waals surface area contributed by atoms with Crippen molar-refractivity contribution in [1.29, 1.82) is 0 Å². The van der Waals surface area contributed by atoms with Gasteiger partial charge in [-0.25, -0.2) is 0 Å². The summed E-state index contributed by atoms with van der Waals surface area (Å²) in [7, 11) is 0. The Balaban J connectivity index is 2.28. The Bertz CT molecular complexity index is 445. The lowest BCUT2D eigenvalue weighted by atomic mass is 9.95. The second-order valence-corrected chi connectivity index (χ2v) is 6.71. The maximum Gasteiger partial charge on any atom is 0.0426 e. The average molecular weight is 309 g/mol. The number of hydrogen-bond donors (Lipinski definition) is 1. The van der Waals surface area contributed by atoms with Gasteiger partial charge in [-0.15, -0.1) is 0 Å². The third kappa shape index (κ3) is 4.37. The quantitative estimate of drug-likeness (QED) is 0.819. The number of benzene rings is 1. The lowest BCUT2D eigenvalue weighted by Gasteiger charge is -2.39. The maximum absolute atomic E-state index is 6.27. The summed E-state index contributed by atoms with van der Waals surface area (Å²) in [6, 6.07) is 7.22. The van der Waals surface area contributed by atoms with Gasteiger partial charge in [-0.2, -0.15) is 0 Å². The first kappa shape index (κ1) is 16.6. The average Bonchev–Trinajstić information content (AvgIpc) is 2.50. The first-order valence-electron chi connectivity index (χ1n) is 8.46. The number of anilines is 1. The molecule has 1 aromatic rings. The Hall–Kier alpha value is -0.730. The van der Waals surface area contributed by atoms with E-state index in [9.17, 15) is 0 Å². The van der Waals surface area contributed by atoms with Crippen molar-refractivity contribution in [3.63, 3.8) is 0 Å². The van der Waals surface area contributed by atoms with Crippen LogP contribution in [0, 0.1) is 0 Å². The zero-order valence-electron chi connectivity index (χ0n) is 13.4. The lowest BCUT2D eigenvalue weighted by Crippen LogP contribution is -2.40. The molecule has 1 aliphatic rings. The molecule has 0 radical (unpaired) electrons. The van der Waals surface area contributed by atoms with Crippen LogP contribution in [0.2, 0.25) is 5.02 Å². The van der Waals surface area contributed by atoms with Gasteiger partial charge in [0.2, 0.25) is 0 Å². The Labute approximate surface area is 134 Å². The van der Waals surface area contributed by atoms with Gasteiger partial charge in [0.15, 0.2) is 0 Å². The number of rotatable bonds is 6. The topological polar surface area (TPSA) is 29.3 Å². The molecule has 1 aromatic carbocycles. The summed E-state index contributed by atoms with van der Waals surface area (Å²) < 4.78 is 0. The summed E-state index contributed by atoms with van der Waals surface area (Å²) in [5.74, 6) is 0. The fourth-order valence-electron chi connectivity index (χ4n) is 3.35. The van der Waals surface area contributed by atoms with Gasteiger partial charge in [0, 0.05) is 29.3 Å². The summed E-state index contributed by atoms with van der Waals surface area (Å²) in [4.78, 5) is 2.59. The number of halogens is 1. The van der Waals surface area contributed by atoms with Gasteiger partial charge in [0.05, 0.1) is 0 Å². The largest absolute Gasteiger partial charge is 0.368 e. The van der Waals surface area contributed by atoms with E-state index in [4.69, 9.17) is 17.3 Å². The van der Waals surface area contributed by atoms with Crippen LogP contribution in [-0.4, -0.2) is 18.6 Å². The zero-order valence-corrected chi connectivity index (χ0v) is 14.2. The van der Waals surface area contributed by atoms with Gasteiger partial charge < -0.3 is 10.6 Å². The Kier molecular flexibility index (Phi) is 6.38. The van der Waals surface area contributed by atoms with E-state index in [1.54, 1.807) is 0 Å². The van der Waals surface area contributed by atoms with Crippen LogP contribution in [0.25, 0.3) is 0 Å². The molecule has 21 heavy (non-hydrogen) atoms. The van der Waals surface area contributed by atoms with Crippen molar-refractivity contribution in [3.05, 3.63) is 28.8 Å². The van der Waals surface area contributed by atoms with E-state index in [0.717, 1.165) is 24.4 Å². The highest BCUT2D eigenvalue weighted by atomic mass is 35.5. The van der Waals surface area contributed by atoms with Gasteiger partial charge in [-0.1, -0.05) is 37.9 Å². The van der Waals surface area contributed by atoms with Crippen molar-refractivity contribution in [2.24, 2.45) is 5.73 Å². The van der Waals surface area contributed by atoms with E-state index in [1.807, 2.05) is 6.07 Å². The molecular formula is C18H29ClN2. The van der Waals surface area contributed by atoms with Crippen molar-refractivity contribution < 1.29 is 0 Å². The van der Waals surface area contributed by atoms with E-state index < -0.39 is 0 Å². The molecular weight excluding hydrogens is 280 g/mol. The van der Waals surface area contributed by atoms with E-state index in [1.165, 1.54) is 43.4 Å². The molecule has 118 valence electrons. The highest BCUT2D eigenvalue weighted by molar-refractivity contribution is 6.30. The monoisotopic (exact) mass is 308 g/mol. The minimum Gasteiger partial charge on any atom is -0.368 e. The highest BCUT2D eigenvalue weighted by Gasteiger charge is 2.24. The second kappa shape index (κ2) is 8.05. The predicted octanol–water partition coefficient (Wildman–Crippen LogP) is 4.78. The molecule has 0 bridgehead atoms. The third-order valence-corrected chi connectivity index (χ3v) is 4.85. The van der Waals surface area contributed by atoms with E-state index in [-0.39, 0.29) is 6.04 Å². The molecule has 1 fully saturated rings. The maximum atomic E-state index is 6.27. The summed E-state index contributed by atoms with van der Waals surface area (Å²) in [6.45, 7) is 5.58. The minimum atomic E-state index is 0.236. The molecule has 0 aliphatic carbocycles. The molecule has 2 atom stereocenters. The lowest BCUT2D eigenvalue weighted by molar-refractivity contribution is 0.433. The van der Waals surface area contributed by atoms with Crippen LogP contribution in [0.3, 0.4) is 0 Å². The Morgan fingerprint density at radius 2 is 2.14 bits per heavy atom. The van der Waals surface area contributed by atoms with Crippen molar-refractivity contribution in [2.45, 2.75) is 70.9 Å². The zero-order chi connectivity index (χ0) is 15.2. The molecule has 0 spiro atoms. The molecule has 0 aromatic heterocycles. The number of nitrogens with zero attached hydrogens (tertiary/aromatic N) is 1. The number of nitrogens with two attached hydrogens (primary N) is 1. The summed E-state index contributed by atoms with van der Waals surface area (Å²) in [5, 5.41) is 0.833. The first-order chi connectivity index (χ1) is 10.2. The summed E-state index contributed by atoms with van der Waals surface area (Å²) in [6.07, 6.45) is 8.41.